The van der Waals surface area contributed by atoms with Crippen molar-refractivity contribution in [2.45, 2.75) is 187 Å². The molecule has 10 heteroatoms. The van der Waals surface area contributed by atoms with Crippen molar-refractivity contribution in [3.05, 3.63) is 72.9 Å². The molecular weight excluding hydrogens is 737 g/mol. The monoisotopic (exact) mass is 820 g/mol. The number of hydrogen-bond donors (Lipinski definition) is 2. The Bertz CT molecular complexity index is 1160. The van der Waals surface area contributed by atoms with Crippen LogP contribution in [0.15, 0.2) is 72.9 Å². The van der Waals surface area contributed by atoms with E-state index in [2.05, 4.69) is 86.8 Å². The molecular formula is C47H82NO8P. The van der Waals surface area contributed by atoms with Crippen LogP contribution in [-0.4, -0.2) is 49.3 Å². The zero-order valence-corrected chi connectivity index (χ0v) is 36.9. The van der Waals surface area contributed by atoms with Crippen molar-refractivity contribution in [3.63, 3.8) is 0 Å². The predicted molar refractivity (Wildman–Crippen MR) is 238 cm³/mol. The number of rotatable bonds is 41. The number of allylic oxidation sites excluding steroid dienone is 12. The van der Waals surface area contributed by atoms with E-state index in [1.807, 2.05) is 0 Å². The lowest BCUT2D eigenvalue weighted by molar-refractivity contribution is -0.161. The molecule has 3 N–H and O–H groups in total. The largest absolute Gasteiger partial charge is 0.472 e. The van der Waals surface area contributed by atoms with Gasteiger partial charge in [0.05, 0.1) is 13.2 Å². The first-order valence-corrected chi connectivity index (χ1v) is 23.9. The van der Waals surface area contributed by atoms with Crippen LogP contribution < -0.4 is 5.73 Å². The van der Waals surface area contributed by atoms with Gasteiger partial charge in [0.1, 0.15) is 6.61 Å². The summed E-state index contributed by atoms with van der Waals surface area (Å²) in [6.07, 6.45) is 52.1. The summed E-state index contributed by atoms with van der Waals surface area (Å²) < 4.78 is 32.8. The summed E-state index contributed by atoms with van der Waals surface area (Å²) in [5.74, 6) is -0.878. The van der Waals surface area contributed by atoms with Gasteiger partial charge in [-0.2, -0.15) is 0 Å². The van der Waals surface area contributed by atoms with Gasteiger partial charge in [-0.1, -0.05) is 151 Å². The lowest BCUT2D eigenvalue weighted by Gasteiger charge is -2.19. The molecule has 0 aliphatic heterocycles. The van der Waals surface area contributed by atoms with Crippen molar-refractivity contribution in [1.29, 1.82) is 0 Å². The first kappa shape index (κ1) is 54.5. The zero-order chi connectivity index (χ0) is 41.8. The van der Waals surface area contributed by atoms with Crippen molar-refractivity contribution in [1.82, 2.24) is 0 Å². The third kappa shape index (κ3) is 42.9. The highest BCUT2D eigenvalue weighted by atomic mass is 31.2. The first-order valence-electron chi connectivity index (χ1n) is 22.4. The lowest BCUT2D eigenvalue weighted by atomic mass is 10.1. The fourth-order valence-electron chi connectivity index (χ4n) is 5.71. The number of carbonyl (C=O) groups excluding carboxylic acids is 2. The Morgan fingerprint density at radius 3 is 1.37 bits per heavy atom. The van der Waals surface area contributed by atoms with Crippen molar-refractivity contribution in [3.8, 4) is 0 Å². The second kappa shape index (κ2) is 43.0. The fourth-order valence-corrected chi connectivity index (χ4v) is 6.47. The average molecular weight is 820 g/mol. The van der Waals surface area contributed by atoms with Crippen LogP contribution in [0.25, 0.3) is 0 Å². The van der Waals surface area contributed by atoms with Crippen LogP contribution in [-0.2, 0) is 32.7 Å². The Morgan fingerprint density at radius 1 is 0.526 bits per heavy atom. The van der Waals surface area contributed by atoms with Gasteiger partial charge in [-0.25, -0.2) is 4.57 Å². The fraction of sp³-hybridized carbons (Fsp3) is 0.702. The third-order valence-electron chi connectivity index (χ3n) is 9.06. The average Bonchev–Trinajstić information content (AvgIpc) is 3.20. The number of unbranched alkanes of at least 4 members (excludes halogenated alkanes) is 16. The van der Waals surface area contributed by atoms with Gasteiger partial charge in [0, 0.05) is 19.4 Å². The van der Waals surface area contributed by atoms with Gasteiger partial charge in [-0.05, 0) is 89.9 Å². The molecule has 0 rings (SSSR count). The summed E-state index contributed by atoms with van der Waals surface area (Å²) in [5.41, 5.74) is 5.35. The molecule has 9 nitrogen and oxygen atoms in total. The Kier molecular flexibility index (Phi) is 41.1. The van der Waals surface area contributed by atoms with Gasteiger partial charge in [-0.15, -0.1) is 0 Å². The number of hydrogen-bond acceptors (Lipinski definition) is 8. The maximum atomic E-state index is 12.6. The zero-order valence-electron chi connectivity index (χ0n) is 36.0. The highest BCUT2D eigenvalue weighted by molar-refractivity contribution is 7.47. The SMILES string of the molecule is CCCCC/C=C\C/C=C\C/C=C\C/C=C\CCCCCC(=O)O[C@H](COC(=O)CCCCCCCCC/C=C\C/C=C\CCCCC)COP(=O)(O)OCCN. The van der Waals surface area contributed by atoms with Gasteiger partial charge in [-0.3, -0.25) is 18.6 Å². The predicted octanol–water partition coefficient (Wildman–Crippen LogP) is 13.1. The van der Waals surface area contributed by atoms with Crippen molar-refractivity contribution in [2.75, 3.05) is 26.4 Å². The number of ether oxygens (including phenoxy) is 2. The van der Waals surface area contributed by atoms with Gasteiger partial charge in [0.15, 0.2) is 6.10 Å². The van der Waals surface area contributed by atoms with Crippen LogP contribution in [0.5, 0.6) is 0 Å². The van der Waals surface area contributed by atoms with Crippen LogP contribution >= 0.6 is 7.82 Å². The van der Waals surface area contributed by atoms with Crippen LogP contribution in [0.2, 0.25) is 0 Å². The van der Waals surface area contributed by atoms with E-state index in [1.54, 1.807) is 0 Å². The molecule has 2 atom stereocenters. The molecule has 0 saturated carbocycles. The van der Waals surface area contributed by atoms with Gasteiger partial charge in [0.2, 0.25) is 0 Å². The minimum Gasteiger partial charge on any atom is -0.462 e. The summed E-state index contributed by atoms with van der Waals surface area (Å²) in [7, 11) is -4.39. The molecule has 0 aliphatic carbocycles. The van der Waals surface area contributed by atoms with Crippen LogP contribution in [0.1, 0.15) is 181 Å². The summed E-state index contributed by atoms with van der Waals surface area (Å²) in [5, 5.41) is 0. The molecule has 0 aromatic carbocycles. The minimum absolute atomic E-state index is 0.0432. The highest BCUT2D eigenvalue weighted by Gasteiger charge is 2.26. The second-order valence-electron chi connectivity index (χ2n) is 14.6. The number of esters is 2. The highest BCUT2D eigenvalue weighted by Crippen LogP contribution is 2.43. The van der Waals surface area contributed by atoms with Crippen LogP contribution in [0, 0.1) is 0 Å². The van der Waals surface area contributed by atoms with Gasteiger partial charge in [0.25, 0.3) is 0 Å². The molecule has 0 heterocycles. The third-order valence-corrected chi connectivity index (χ3v) is 10.0. The molecule has 0 spiro atoms. The normalized spacial score (nSPS) is 14.0. The second-order valence-corrected chi connectivity index (χ2v) is 16.0. The Hall–Kier alpha value is -2.55. The number of nitrogens with two attached hydrogens (primary N) is 1. The van der Waals surface area contributed by atoms with Crippen molar-refractivity contribution >= 4 is 19.8 Å². The van der Waals surface area contributed by atoms with Crippen LogP contribution in [0.3, 0.4) is 0 Å². The van der Waals surface area contributed by atoms with Crippen LogP contribution in [0.4, 0.5) is 0 Å². The number of phosphoric acid groups is 1. The Morgan fingerprint density at radius 2 is 0.912 bits per heavy atom. The molecule has 0 saturated heterocycles. The molecule has 1 unspecified atom stereocenters. The van der Waals surface area contributed by atoms with Gasteiger partial charge >= 0.3 is 19.8 Å². The summed E-state index contributed by atoms with van der Waals surface area (Å²) in [6.45, 7) is 3.62. The van der Waals surface area contributed by atoms with E-state index in [4.69, 9.17) is 24.3 Å². The summed E-state index contributed by atoms with van der Waals surface area (Å²) in [4.78, 5) is 34.9. The molecule has 0 fully saturated rings. The standard InChI is InChI=1S/C47H82NO8P/c1-3-5-7-9-11-13-15-17-19-21-22-24-26-28-30-32-34-36-38-40-47(50)56-45(44-55-57(51,52)54-42-41-48)43-53-46(49)39-37-35-33-31-29-27-25-23-20-18-16-14-12-10-8-6-4-2/h11-14,17-20,22,24,28,30,45H,3-10,15-16,21,23,25-27,29,31-44,48H2,1-2H3,(H,51,52)/b13-11-,14-12-,19-17-,20-18-,24-22-,30-28-/t45-/m1/s1. The summed E-state index contributed by atoms with van der Waals surface area (Å²) >= 11 is 0. The Labute approximate surface area is 348 Å². The number of phosphoric ester groups is 1. The molecule has 328 valence electrons. The molecule has 57 heavy (non-hydrogen) atoms. The first-order chi connectivity index (χ1) is 27.8. The van der Waals surface area contributed by atoms with E-state index in [-0.39, 0.29) is 32.6 Å². The lowest BCUT2D eigenvalue weighted by Crippen LogP contribution is -2.29. The van der Waals surface area contributed by atoms with E-state index >= 15 is 0 Å². The quantitative estimate of drug-likeness (QED) is 0.0267. The van der Waals surface area contributed by atoms with E-state index in [1.165, 1.54) is 70.6 Å². The maximum absolute atomic E-state index is 12.6. The van der Waals surface area contributed by atoms with E-state index in [0.29, 0.717) is 12.8 Å². The van der Waals surface area contributed by atoms with E-state index < -0.39 is 32.5 Å². The molecule has 0 bridgehead atoms. The molecule has 0 amide bonds. The minimum atomic E-state index is -4.39. The number of carbonyl (C=O) groups is 2. The van der Waals surface area contributed by atoms with Crippen molar-refractivity contribution in [2.24, 2.45) is 5.73 Å². The molecule has 0 radical (unpaired) electrons. The Balaban J connectivity index is 4.23. The van der Waals surface area contributed by atoms with Gasteiger partial charge < -0.3 is 20.1 Å². The summed E-state index contributed by atoms with van der Waals surface area (Å²) in [6, 6.07) is 0. The topological polar surface area (TPSA) is 134 Å². The smallest absolute Gasteiger partial charge is 0.462 e. The molecule has 0 aromatic heterocycles. The maximum Gasteiger partial charge on any atom is 0.472 e. The van der Waals surface area contributed by atoms with E-state index in [9.17, 15) is 19.0 Å². The molecule has 0 aromatic rings. The van der Waals surface area contributed by atoms with E-state index in [0.717, 1.165) is 70.6 Å². The molecule has 0 aliphatic rings. The van der Waals surface area contributed by atoms with Crippen molar-refractivity contribution < 1.29 is 37.6 Å².